The van der Waals surface area contributed by atoms with Crippen molar-refractivity contribution in [3.05, 3.63) is 28.5 Å². The van der Waals surface area contributed by atoms with Crippen molar-refractivity contribution in [3.63, 3.8) is 0 Å². The Labute approximate surface area is 129 Å². The third kappa shape index (κ3) is 5.71. The number of hydrogen-bond acceptors (Lipinski definition) is 3. The van der Waals surface area contributed by atoms with Crippen molar-refractivity contribution in [1.82, 2.24) is 9.88 Å². The lowest BCUT2D eigenvalue weighted by Gasteiger charge is -2.23. The number of carbonyl (C=O) groups is 2. The Morgan fingerprint density at radius 2 is 2.05 bits per heavy atom. The van der Waals surface area contributed by atoms with Gasteiger partial charge in [-0.1, -0.05) is 38.8 Å². The average Bonchev–Trinajstić information content (AvgIpc) is 2.35. The van der Waals surface area contributed by atoms with E-state index in [0.717, 1.165) is 18.5 Å². The molecule has 21 heavy (non-hydrogen) atoms. The molecule has 5 nitrogen and oxygen atoms in total. The molecule has 6 heteroatoms. The van der Waals surface area contributed by atoms with Crippen molar-refractivity contribution < 1.29 is 14.7 Å². The first-order valence-electron chi connectivity index (χ1n) is 7.01. The fraction of sp³-hybridized carbons (Fsp3) is 0.533. The van der Waals surface area contributed by atoms with E-state index in [9.17, 15) is 9.59 Å². The van der Waals surface area contributed by atoms with Crippen molar-refractivity contribution >= 4 is 23.5 Å². The number of nitrogens with zero attached hydrogens (tertiary/aromatic N) is 2. The van der Waals surface area contributed by atoms with Gasteiger partial charge in [-0.2, -0.15) is 0 Å². The highest BCUT2D eigenvalue weighted by Crippen LogP contribution is 2.15. The summed E-state index contributed by atoms with van der Waals surface area (Å²) in [7, 11) is 0. The van der Waals surface area contributed by atoms with E-state index < -0.39 is 5.97 Å². The molecule has 1 aromatic heterocycles. The van der Waals surface area contributed by atoms with Gasteiger partial charge < -0.3 is 10.0 Å². The number of carbonyl (C=O) groups excluding carboxylic acids is 1. The summed E-state index contributed by atoms with van der Waals surface area (Å²) < 4.78 is 0. The van der Waals surface area contributed by atoms with E-state index in [1.807, 2.05) is 20.8 Å². The predicted octanol–water partition coefficient (Wildman–Crippen LogP) is 2.87. The summed E-state index contributed by atoms with van der Waals surface area (Å²) in [6.45, 7) is 5.95. The normalized spacial score (nSPS) is 10.7. The lowest BCUT2D eigenvalue weighted by molar-refractivity contribution is -0.137. The minimum atomic E-state index is -1.03. The number of aromatic nitrogens is 1. The molecule has 0 aliphatic heterocycles. The van der Waals surface area contributed by atoms with Crippen LogP contribution in [0.15, 0.2) is 12.1 Å². The van der Waals surface area contributed by atoms with Gasteiger partial charge in [0, 0.05) is 17.8 Å². The van der Waals surface area contributed by atoms with Gasteiger partial charge in [-0.3, -0.25) is 9.59 Å². The number of amides is 1. The van der Waals surface area contributed by atoms with Crippen LogP contribution in [0.25, 0.3) is 0 Å². The van der Waals surface area contributed by atoms with Gasteiger partial charge in [-0.25, -0.2) is 4.98 Å². The minimum Gasteiger partial charge on any atom is -0.480 e. The predicted molar refractivity (Wildman–Crippen MR) is 81.6 cm³/mol. The van der Waals surface area contributed by atoms with E-state index in [1.165, 1.54) is 11.0 Å². The molecule has 0 fully saturated rings. The van der Waals surface area contributed by atoms with Crippen LogP contribution in [0, 0.1) is 5.92 Å². The summed E-state index contributed by atoms with van der Waals surface area (Å²) in [5, 5.41) is 9.21. The molecule has 1 heterocycles. The summed E-state index contributed by atoms with van der Waals surface area (Å²) in [6.07, 6.45) is 1.62. The molecule has 116 valence electrons. The Balaban J connectivity index is 3.04. The zero-order valence-corrected chi connectivity index (χ0v) is 13.4. The molecular formula is C15H21ClN2O3. The second kappa shape index (κ2) is 7.98. The molecule has 0 aliphatic carbocycles. The Hall–Kier alpha value is -1.62. The maximum absolute atomic E-state index is 12.5. The fourth-order valence-electron chi connectivity index (χ4n) is 2.06. The Bertz CT molecular complexity index is 518. The van der Waals surface area contributed by atoms with Crippen LogP contribution in [-0.2, 0) is 11.2 Å². The third-order valence-corrected chi connectivity index (χ3v) is 2.99. The zero-order chi connectivity index (χ0) is 16.0. The van der Waals surface area contributed by atoms with Crippen molar-refractivity contribution in [2.24, 2.45) is 5.92 Å². The maximum Gasteiger partial charge on any atom is 0.323 e. The van der Waals surface area contributed by atoms with Crippen LogP contribution in [0.3, 0.4) is 0 Å². The summed E-state index contributed by atoms with van der Waals surface area (Å²) in [4.78, 5) is 28.9. The van der Waals surface area contributed by atoms with Gasteiger partial charge in [0.2, 0.25) is 0 Å². The zero-order valence-electron chi connectivity index (χ0n) is 12.6. The average molecular weight is 313 g/mol. The number of rotatable bonds is 7. The first kappa shape index (κ1) is 17.4. The first-order chi connectivity index (χ1) is 9.83. The monoisotopic (exact) mass is 312 g/mol. The molecule has 0 atom stereocenters. The molecule has 0 radical (unpaired) electrons. The Kier molecular flexibility index (Phi) is 6.62. The first-order valence-corrected chi connectivity index (χ1v) is 7.38. The van der Waals surface area contributed by atoms with E-state index in [0.29, 0.717) is 12.1 Å². The Morgan fingerprint density at radius 1 is 1.38 bits per heavy atom. The van der Waals surface area contributed by atoms with E-state index in [4.69, 9.17) is 16.7 Å². The van der Waals surface area contributed by atoms with Gasteiger partial charge >= 0.3 is 5.97 Å². The van der Waals surface area contributed by atoms with E-state index in [-0.39, 0.29) is 23.5 Å². The summed E-state index contributed by atoms with van der Waals surface area (Å²) >= 11 is 5.95. The molecule has 0 unspecified atom stereocenters. The molecule has 1 amide bonds. The van der Waals surface area contributed by atoms with Crippen molar-refractivity contribution in [3.8, 4) is 0 Å². The standard InChI is InChI=1S/C15H21ClN2O3/c1-4-5-12-6-11(7-13(16)17-12)15(21)18(8-10(2)3)9-14(19)20/h6-7,10H,4-5,8-9H2,1-3H3,(H,19,20). The minimum absolute atomic E-state index is 0.181. The summed E-state index contributed by atoms with van der Waals surface area (Å²) in [6, 6.07) is 3.17. The molecule has 1 rings (SSSR count). The number of aryl methyl sites for hydroxylation is 1. The van der Waals surface area contributed by atoms with E-state index in [2.05, 4.69) is 4.98 Å². The van der Waals surface area contributed by atoms with Crippen LogP contribution in [-0.4, -0.2) is 40.0 Å². The topological polar surface area (TPSA) is 70.5 Å². The molecule has 1 aromatic rings. The van der Waals surface area contributed by atoms with Gasteiger partial charge in [0.05, 0.1) is 0 Å². The molecule has 0 spiro atoms. The highest BCUT2D eigenvalue weighted by Gasteiger charge is 2.20. The number of carboxylic acid groups (broad SMARTS) is 1. The number of halogens is 1. The molecule has 0 aliphatic rings. The molecule has 1 N–H and O–H groups in total. The van der Waals surface area contributed by atoms with Crippen LogP contribution in [0.4, 0.5) is 0 Å². The lowest BCUT2D eigenvalue weighted by Crippen LogP contribution is -2.38. The highest BCUT2D eigenvalue weighted by atomic mass is 35.5. The van der Waals surface area contributed by atoms with Gasteiger partial charge in [-0.05, 0) is 24.5 Å². The quantitative estimate of drug-likeness (QED) is 0.786. The molecule has 0 aromatic carbocycles. The van der Waals surface area contributed by atoms with Gasteiger partial charge in [0.15, 0.2) is 0 Å². The molecule has 0 saturated heterocycles. The van der Waals surface area contributed by atoms with Crippen molar-refractivity contribution in [2.75, 3.05) is 13.1 Å². The van der Waals surface area contributed by atoms with Crippen molar-refractivity contribution in [2.45, 2.75) is 33.6 Å². The molecule has 0 saturated carbocycles. The van der Waals surface area contributed by atoms with Crippen LogP contribution < -0.4 is 0 Å². The third-order valence-electron chi connectivity index (χ3n) is 2.80. The second-order valence-electron chi connectivity index (χ2n) is 5.39. The van der Waals surface area contributed by atoms with Gasteiger partial charge in [0.1, 0.15) is 11.7 Å². The lowest BCUT2D eigenvalue weighted by atomic mass is 10.1. The SMILES string of the molecule is CCCc1cc(C(=O)N(CC(=O)O)CC(C)C)cc(Cl)n1. The van der Waals surface area contributed by atoms with Crippen LogP contribution in [0.2, 0.25) is 5.15 Å². The van der Waals surface area contributed by atoms with E-state index >= 15 is 0 Å². The number of carboxylic acids is 1. The second-order valence-corrected chi connectivity index (χ2v) is 5.78. The highest BCUT2D eigenvalue weighted by molar-refractivity contribution is 6.29. The molecular weight excluding hydrogens is 292 g/mol. The van der Waals surface area contributed by atoms with Crippen LogP contribution in [0.1, 0.15) is 43.2 Å². The van der Waals surface area contributed by atoms with Gasteiger partial charge in [0.25, 0.3) is 5.91 Å². The number of pyridine rings is 1. The Morgan fingerprint density at radius 3 is 2.57 bits per heavy atom. The number of hydrogen-bond donors (Lipinski definition) is 1. The van der Waals surface area contributed by atoms with E-state index in [1.54, 1.807) is 6.07 Å². The van der Waals surface area contributed by atoms with Crippen molar-refractivity contribution in [1.29, 1.82) is 0 Å². The summed E-state index contributed by atoms with van der Waals surface area (Å²) in [5.41, 5.74) is 1.13. The van der Waals surface area contributed by atoms with Crippen LogP contribution in [0.5, 0.6) is 0 Å². The van der Waals surface area contributed by atoms with Gasteiger partial charge in [-0.15, -0.1) is 0 Å². The largest absolute Gasteiger partial charge is 0.480 e. The molecule has 0 bridgehead atoms. The smallest absolute Gasteiger partial charge is 0.323 e. The fourth-order valence-corrected chi connectivity index (χ4v) is 2.29. The summed E-state index contributed by atoms with van der Waals surface area (Å²) in [5.74, 6) is -1.17. The number of aliphatic carboxylic acids is 1. The van der Waals surface area contributed by atoms with Crippen LogP contribution >= 0.6 is 11.6 Å². The maximum atomic E-state index is 12.5.